The summed E-state index contributed by atoms with van der Waals surface area (Å²) in [5.41, 5.74) is 1.84. The molecule has 0 bridgehead atoms. The van der Waals surface area contributed by atoms with Gasteiger partial charge in [0.15, 0.2) is 0 Å². The third-order valence-corrected chi connectivity index (χ3v) is 8.16. The van der Waals surface area contributed by atoms with E-state index < -0.39 is 15.0 Å². The van der Waals surface area contributed by atoms with Crippen LogP contribution in [-0.2, 0) is 35.0 Å². The lowest BCUT2D eigenvalue weighted by molar-refractivity contribution is 0.219. The van der Waals surface area contributed by atoms with Crippen molar-refractivity contribution in [1.29, 1.82) is 0 Å². The molecule has 0 fully saturated rings. The van der Waals surface area contributed by atoms with Crippen LogP contribution in [0.2, 0.25) is 0 Å². The molecule has 0 saturated heterocycles. The van der Waals surface area contributed by atoms with Gasteiger partial charge in [0.25, 0.3) is 0 Å². The Morgan fingerprint density at radius 3 is 1.62 bits per heavy atom. The van der Waals surface area contributed by atoms with Crippen LogP contribution >= 0.6 is 15.0 Å². The second-order valence-electron chi connectivity index (χ2n) is 5.54. The van der Waals surface area contributed by atoms with Gasteiger partial charge in [-0.05, 0) is 38.3 Å². The molecule has 138 valence electrons. The molecule has 1 aromatic carbocycles. The highest BCUT2D eigenvalue weighted by Gasteiger charge is 2.25. The average Bonchev–Trinajstić information content (AvgIpc) is 2.50. The van der Waals surface area contributed by atoms with Crippen molar-refractivity contribution in [2.75, 3.05) is 26.0 Å². The lowest BCUT2D eigenvalue weighted by Gasteiger charge is -2.18. The van der Waals surface area contributed by atoms with Crippen LogP contribution in [0.1, 0.15) is 45.2 Å². The summed E-state index contributed by atoms with van der Waals surface area (Å²) in [5, 5.41) is 0. The van der Waals surface area contributed by atoms with Gasteiger partial charge in [0.2, 0.25) is 7.37 Å². The van der Waals surface area contributed by atoms with Crippen LogP contribution in [0.25, 0.3) is 0 Å². The Kier molecular flexibility index (Phi) is 9.48. The SMILES string of the molecule is CCCP(=O)(Cc1ccc(CP(=O)(OCC)OCC)cc1)OCC. The molecule has 1 atom stereocenters. The smallest absolute Gasteiger partial charge is 0.329 e. The van der Waals surface area contributed by atoms with Crippen LogP contribution in [0.5, 0.6) is 0 Å². The van der Waals surface area contributed by atoms with Gasteiger partial charge in [-0.3, -0.25) is 9.13 Å². The first-order valence-electron chi connectivity index (χ1n) is 8.58. The van der Waals surface area contributed by atoms with Crippen molar-refractivity contribution in [3.8, 4) is 0 Å². The summed E-state index contributed by atoms with van der Waals surface area (Å²) < 4.78 is 41.5. The third kappa shape index (κ3) is 7.21. The highest BCUT2D eigenvalue weighted by atomic mass is 31.2. The van der Waals surface area contributed by atoms with E-state index in [4.69, 9.17) is 13.6 Å². The normalized spacial score (nSPS) is 14.5. The maximum Gasteiger partial charge on any atom is 0.335 e. The van der Waals surface area contributed by atoms with Gasteiger partial charge in [-0.2, -0.15) is 0 Å². The quantitative estimate of drug-likeness (QED) is 0.439. The van der Waals surface area contributed by atoms with Crippen LogP contribution in [0.3, 0.4) is 0 Å². The molecule has 0 saturated carbocycles. The Balaban J connectivity index is 2.81. The van der Waals surface area contributed by atoms with Crippen molar-refractivity contribution in [3.63, 3.8) is 0 Å². The largest absolute Gasteiger partial charge is 0.335 e. The van der Waals surface area contributed by atoms with Crippen LogP contribution in [-0.4, -0.2) is 26.0 Å². The van der Waals surface area contributed by atoms with Gasteiger partial charge in [0.1, 0.15) is 0 Å². The minimum absolute atomic E-state index is 0.243. The van der Waals surface area contributed by atoms with Crippen molar-refractivity contribution < 1.29 is 22.7 Å². The summed E-state index contributed by atoms with van der Waals surface area (Å²) in [7, 11) is -5.72. The van der Waals surface area contributed by atoms with Gasteiger partial charge >= 0.3 is 7.60 Å². The highest BCUT2D eigenvalue weighted by molar-refractivity contribution is 7.58. The summed E-state index contributed by atoms with van der Waals surface area (Å²) in [4.78, 5) is 0. The maximum atomic E-state index is 12.8. The van der Waals surface area contributed by atoms with E-state index in [0.29, 0.717) is 32.1 Å². The van der Waals surface area contributed by atoms with Crippen LogP contribution in [0.4, 0.5) is 0 Å². The second kappa shape index (κ2) is 10.5. The predicted molar refractivity (Wildman–Crippen MR) is 99.1 cm³/mol. The van der Waals surface area contributed by atoms with Gasteiger partial charge in [-0.25, -0.2) is 0 Å². The minimum Gasteiger partial charge on any atom is -0.329 e. The van der Waals surface area contributed by atoms with E-state index in [9.17, 15) is 9.13 Å². The van der Waals surface area contributed by atoms with Crippen molar-refractivity contribution in [2.45, 2.75) is 46.4 Å². The zero-order valence-electron chi connectivity index (χ0n) is 15.2. The van der Waals surface area contributed by atoms with Crippen molar-refractivity contribution >= 4 is 15.0 Å². The standard InChI is InChI=1S/C17H30O5P2/c1-5-13-23(18,20-6-2)14-16-9-11-17(12-10-16)15-24(19,21-7-3)22-8-4/h9-12H,5-8,13-15H2,1-4H3. The number of hydrogen-bond donors (Lipinski definition) is 0. The fourth-order valence-electron chi connectivity index (χ4n) is 2.54. The Morgan fingerprint density at radius 2 is 1.21 bits per heavy atom. The molecular formula is C17H30O5P2. The molecule has 1 aromatic rings. The molecule has 0 aliphatic rings. The molecule has 0 radical (unpaired) electrons. The maximum absolute atomic E-state index is 12.8. The Labute approximate surface area is 146 Å². The highest BCUT2D eigenvalue weighted by Crippen LogP contribution is 2.52. The van der Waals surface area contributed by atoms with E-state index in [2.05, 4.69) is 0 Å². The molecule has 0 N–H and O–H groups in total. The topological polar surface area (TPSA) is 61.8 Å². The molecule has 1 unspecified atom stereocenters. The molecule has 0 aliphatic carbocycles. The zero-order valence-corrected chi connectivity index (χ0v) is 17.0. The summed E-state index contributed by atoms with van der Waals surface area (Å²) in [6.45, 7) is 8.63. The fourth-order valence-corrected chi connectivity index (χ4v) is 6.54. The number of benzene rings is 1. The second-order valence-corrected chi connectivity index (χ2v) is 10.2. The lowest BCUT2D eigenvalue weighted by atomic mass is 10.2. The first kappa shape index (κ1) is 21.6. The predicted octanol–water partition coefficient (Wildman–Crippen LogP) is 5.68. The molecular weight excluding hydrogens is 346 g/mol. The first-order chi connectivity index (χ1) is 11.4. The third-order valence-electron chi connectivity index (χ3n) is 3.40. The summed E-state index contributed by atoms with van der Waals surface area (Å²) in [6, 6.07) is 7.61. The average molecular weight is 376 g/mol. The van der Waals surface area contributed by atoms with Gasteiger partial charge < -0.3 is 13.6 Å². The summed E-state index contributed by atoms with van der Waals surface area (Å²) >= 11 is 0. The van der Waals surface area contributed by atoms with E-state index >= 15 is 0 Å². The van der Waals surface area contributed by atoms with Gasteiger partial charge in [0, 0.05) is 12.3 Å². The molecule has 0 heterocycles. The molecule has 7 heteroatoms. The van der Waals surface area contributed by atoms with Crippen molar-refractivity contribution in [3.05, 3.63) is 35.4 Å². The molecule has 5 nitrogen and oxygen atoms in total. The van der Waals surface area contributed by atoms with Crippen molar-refractivity contribution in [2.24, 2.45) is 0 Å². The molecule has 0 aromatic heterocycles. The molecule has 0 amide bonds. The van der Waals surface area contributed by atoms with Crippen LogP contribution in [0.15, 0.2) is 24.3 Å². The molecule has 24 heavy (non-hydrogen) atoms. The Bertz CT molecular complexity index is 500. The van der Waals surface area contributed by atoms with E-state index in [1.807, 2.05) is 38.1 Å². The molecule has 0 aliphatic heterocycles. The van der Waals surface area contributed by atoms with Gasteiger partial charge in [0.05, 0.1) is 26.0 Å². The first-order valence-corrected chi connectivity index (χ1v) is 12.3. The number of rotatable bonds is 12. The van der Waals surface area contributed by atoms with Crippen molar-refractivity contribution in [1.82, 2.24) is 0 Å². The van der Waals surface area contributed by atoms with Gasteiger partial charge in [-0.15, -0.1) is 0 Å². The van der Waals surface area contributed by atoms with E-state index in [1.54, 1.807) is 13.8 Å². The molecule has 1 rings (SSSR count). The van der Waals surface area contributed by atoms with Crippen LogP contribution < -0.4 is 0 Å². The summed E-state index contributed by atoms with van der Waals surface area (Å²) in [6.07, 6.45) is 2.10. The zero-order chi connectivity index (χ0) is 18.1. The number of hydrogen-bond acceptors (Lipinski definition) is 5. The summed E-state index contributed by atoms with van der Waals surface area (Å²) in [5.74, 6) is 0. The van der Waals surface area contributed by atoms with E-state index in [1.165, 1.54) is 0 Å². The minimum atomic E-state index is -3.10. The lowest BCUT2D eigenvalue weighted by Crippen LogP contribution is -2.00. The molecule has 0 spiro atoms. The Morgan fingerprint density at radius 1 is 0.750 bits per heavy atom. The monoisotopic (exact) mass is 376 g/mol. The van der Waals surface area contributed by atoms with Crippen LogP contribution in [0, 0.1) is 0 Å². The Hall–Kier alpha value is -0.440. The fraction of sp³-hybridized carbons (Fsp3) is 0.647. The van der Waals surface area contributed by atoms with Gasteiger partial charge in [-0.1, -0.05) is 31.2 Å². The van der Waals surface area contributed by atoms with E-state index in [0.717, 1.165) is 17.5 Å². The van der Waals surface area contributed by atoms with E-state index in [-0.39, 0.29) is 6.16 Å².